The Hall–Kier alpha value is -3.40. The number of nitrogens with two attached hydrogens (primary N) is 1. The second-order valence-electron chi connectivity index (χ2n) is 4.74. The van der Waals surface area contributed by atoms with Gasteiger partial charge in [0.15, 0.2) is 0 Å². The van der Waals surface area contributed by atoms with Gasteiger partial charge in [0.2, 0.25) is 0 Å². The summed E-state index contributed by atoms with van der Waals surface area (Å²) in [6.45, 7) is 0. The highest BCUT2D eigenvalue weighted by atomic mass is 16.6. The lowest BCUT2D eigenvalue weighted by Crippen LogP contribution is -1.96. The van der Waals surface area contributed by atoms with E-state index in [1.54, 1.807) is 34.9 Å². The van der Waals surface area contributed by atoms with E-state index in [1.807, 2.05) is 0 Å². The van der Waals surface area contributed by atoms with Crippen LogP contribution >= 0.6 is 0 Å². The van der Waals surface area contributed by atoms with Crippen LogP contribution in [-0.4, -0.2) is 14.3 Å². The van der Waals surface area contributed by atoms with Gasteiger partial charge in [-0.2, -0.15) is 5.26 Å². The zero-order chi connectivity index (χ0) is 15.7. The van der Waals surface area contributed by atoms with Crippen molar-refractivity contribution in [2.24, 2.45) is 0 Å². The van der Waals surface area contributed by atoms with Gasteiger partial charge in [-0.05, 0) is 24.3 Å². The molecule has 0 unspecified atom stereocenters. The molecule has 22 heavy (non-hydrogen) atoms. The Kier molecular flexibility index (Phi) is 3.20. The number of nitro benzene ring substituents is 1. The molecule has 1 aromatic carbocycles. The molecule has 0 amide bonds. The highest BCUT2D eigenvalue weighted by Crippen LogP contribution is 2.27. The fourth-order valence-corrected chi connectivity index (χ4v) is 2.33. The third-order valence-corrected chi connectivity index (χ3v) is 3.34. The van der Waals surface area contributed by atoms with Crippen LogP contribution < -0.4 is 5.73 Å². The van der Waals surface area contributed by atoms with Crippen LogP contribution in [0.1, 0.15) is 5.69 Å². The van der Waals surface area contributed by atoms with Gasteiger partial charge in [0, 0.05) is 29.6 Å². The number of non-ortho nitro benzene ring substituents is 1. The van der Waals surface area contributed by atoms with Crippen molar-refractivity contribution in [1.29, 1.82) is 5.26 Å². The molecule has 0 bridgehead atoms. The van der Waals surface area contributed by atoms with Crippen molar-refractivity contribution in [3.8, 4) is 17.3 Å². The van der Waals surface area contributed by atoms with Crippen LogP contribution in [0.2, 0.25) is 0 Å². The van der Waals surface area contributed by atoms with Crippen molar-refractivity contribution in [1.82, 2.24) is 9.38 Å². The number of rotatable bonds is 3. The molecule has 2 N–H and O–H groups in total. The predicted molar refractivity (Wildman–Crippen MR) is 81.0 cm³/mol. The fourth-order valence-electron chi connectivity index (χ4n) is 2.33. The molecule has 0 aliphatic rings. The summed E-state index contributed by atoms with van der Waals surface area (Å²) >= 11 is 0. The Morgan fingerprint density at radius 2 is 2.00 bits per heavy atom. The number of anilines is 1. The van der Waals surface area contributed by atoms with E-state index >= 15 is 0 Å². The maximum absolute atomic E-state index is 10.7. The first-order valence-electron chi connectivity index (χ1n) is 6.48. The van der Waals surface area contributed by atoms with Gasteiger partial charge < -0.3 is 10.1 Å². The first kappa shape index (κ1) is 13.6. The normalized spacial score (nSPS) is 10.5. The molecule has 3 aromatic rings. The molecule has 7 heteroatoms. The minimum absolute atomic E-state index is 0.0126. The number of fused-ring (bicyclic) bond motifs is 1. The highest BCUT2D eigenvalue weighted by molar-refractivity contribution is 5.68. The zero-order valence-corrected chi connectivity index (χ0v) is 11.4. The van der Waals surface area contributed by atoms with Gasteiger partial charge in [-0.1, -0.05) is 0 Å². The first-order chi connectivity index (χ1) is 10.6. The van der Waals surface area contributed by atoms with Gasteiger partial charge >= 0.3 is 0 Å². The lowest BCUT2D eigenvalue weighted by atomic mass is 10.1. The average Bonchev–Trinajstić information content (AvgIpc) is 2.86. The second-order valence-corrected chi connectivity index (χ2v) is 4.74. The summed E-state index contributed by atoms with van der Waals surface area (Å²) in [5.41, 5.74) is 9.09. The summed E-state index contributed by atoms with van der Waals surface area (Å²) in [5.74, 6) is 0. The summed E-state index contributed by atoms with van der Waals surface area (Å²) in [6, 6.07) is 11.7. The molecule has 108 valence electrons. The topological polar surface area (TPSA) is 110 Å². The van der Waals surface area contributed by atoms with E-state index in [-0.39, 0.29) is 12.1 Å². The molecule has 0 saturated heterocycles. The van der Waals surface area contributed by atoms with E-state index in [9.17, 15) is 10.1 Å². The van der Waals surface area contributed by atoms with Gasteiger partial charge in [-0.3, -0.25) is 10.1 Å². The number of aromatic nitrogens is 2. The fraction of sp³-hybridized carbons (Fsp3) is 0.0667. The average molecular weight is 293 g/mol. The van der Waals surface area contributed by atoms with E-state index in [1.165, 1.54) is 12.1 Å². The number of hydrogen-bond acceptors (Lipinski definition) is 5. The van der Waals surface area contributed by atoms with Crippen LogP contribution in [-0.2, 0) is 6.42 Å². The number of imidazole rings is 1. The van der Waals surface area contributed by atoms with Crippen molar-refractivity contribution in [2.75, 3.05) is 5.73 Å². The number of pyridine rings is 1. The van der Waals surface area contributed by atoms with Crippen LogP contribution in [0.5, 0.6) is 0 Å². The zero-order valence-electron chi connectivity index (χ0n) is 11.4. The Bertz CT molecular complexity index is 906. The minimum atomic E-state index is -0.454. The molecule has 0 aliphatic heterocycles. The summed E-state index contributed by atoms with van der Waals surface area (Å²) in [4.78, 5) is 14.8. The molecule has 3 rings (SSSR count). The summed E-state index contributed by atoms with van der Waals surface area (Å²) in [7, 11) is 0. The van der Waals surface area contributed by atoms with E-state index in [0.717, 1.165) is 5.56 Å². The van der Waals surface area contributed by atoms with Gasteiger partial charge in [-0.15, -0.1) is 0 Å². The molecule has 0 fully saturated rings. The third-order valence-electron chi connectivity index (χ3n) is 3.34. The molecule has 0 aliphatic carbocycles. The van der Waals surface area contributed by atoms with Crippen LogP contribution in [0, 0.1) is 21.4 Å². The molecular formula is C15H11N5O2. The maximum atomic E-state index is 10.7. The number of benzene rings is 1. The van der Waals surface area contributed by atoms with Crippen LogP contribution in [0.4, 0.5) is 11.4 Å². The summed E-state index contributed by atoms with van der Waals surface area (Å²) in [6.07, 6.45) is 1.88. The monoisotopic (exact) mass is 293 g/mol. The highest BCUT2D eigenvalue weighted by Gasteiger charge is 2.15. The molecule has 0 atom stereocenters. The summed E-state index contributed by atoms with van der Waals surface area (Å²) in [5, 5.41) is 19.8. The van der Waals surface area contributed by atoms with Crippen LogP contribution in [0.25, 0.3) is 16.9 Å². The molecule has 0 radical (unpaired) electrons. The Morgan fingerprint density at radius 3 is 2.64 bits per heavy atom. The SMILES string of the molecule is N#CCc1c(-c2ccc([N+](=O)[O-])cc2)nc2ccc(N)cn12. The molecular weight excluding hydrogens is 282 g/mol. The van der Waals surface area contributed by atoms with Crippen molar-refractivity contribution >= 4 is 17.0 Å². The Balaban J connectivity index is 2.19. The lowest BCUT2D eigenvalue weighted by molar-refractivity contribution is -0.384. The minimum Gasteiger partial charge on any atom is -0.398 e. The van der Waals surface area contributed by atoms with Crippen molar-refractivity contribution in [3.63, 3.8) is 0 Å². The predicted octanol–water partition coefficient (Wildman–Crippen LogP) is 2.56. The number of hydrogen-bond donors (Lipinski definition) is 1. The number of nitriles is 1. The lowest BCUT2D eigenvalue weighted by Gasteiger charge is -2.02. The molecule has 0 saturated carbocycles. The van der Waals surface area contributed by atoms with E-state index in [0.29, 0.717) is 22.7 Å². The Labute approximate surface area is 125 Å². The van der Waals surface area contributed by atoms with Crippen LogP contribution in [0.3, 0.4) is 0 Å². The van der Waals surface area contributed by atoms with E-state index < -0.39 is 4.92 Å². The van der Waals surface area contributed by atoms with Gasteiger partial charge in [-0.25, -0.2) is 4.98 Å². The molecule has 2 aromatic heterocycles. The molecule has 2 heterocycles. The third kappa shape index (κ3) is 2.23. The van der Waals surface area contributed by atoms with Crippen molar-refractivity contribution in [2.45, 2.75) is 6.42 Å². The number of nitro groups is 1. The van der Waals surface area contributed by atoms with Gasteiger partial charge in [0.25, 0.3) is 5.69 Å². The number of nitrogen functional groups attached to an aromatic ring is 1. The van der Waals surface area contributed by atoms with Gasteiger partial charge in [0.1, 0.15) is 5.65 Å². The standard InChI is InChI=1S/C15H11N5O2/c16-8-7-13-15(10-1-4-12(5-2-10)20(21)22)18-14-6-3-11(17)9-19(13)14/h1-6,9H,7,17H2. The smallest absolute Gasteiger partial charge is 0.269 e. The van der Waals surface area contributed by atoms with E-state index in [2.05, 4.69) is 11.1 Å². The number of nitrogens with zero attached hydrogens (tertiary/aromatic N) is 4. The van der Waals surface area contributed by atoms with Gasteiger partial charge in [0.05, 0.1) is 28.8 Å². The summed E-state index contributed by atoms with van der Waals surface area (Å²) < 4.78 is 1.77. The second kappa shape index (κ2) is 5.18. The quantitative estimate of drug-likeness (QED) is 0.589. The van der Waals surface area contributed by atoms with Crippen LogP contribution in [0.15, 0.2) is 42.6 Å². The first-order valence-corrected chi connectivity index (χ1v) is 6.48. The maximum Gasteiger partial charge on any atom is 0.269 e. The van der Waals surface area contributed by atoms with Crippen molar-refractivity contribution in [3.05, 3.63) is 58.4 Å². The largest absolute Gasteiger partial charge is 0.398 e. The Morgan fingerprint density at radius 1 is 1.27 bits per heavy atom. The van der Waals surface area contributed by atoms with Crippen molar-refractivity contribution < 1.29 is 4.92 Å². The molecule has 7 nitrogen and oxygen atoms in total. The molecule has 0 spiro atoms. The van der Waals surface area contributed by atoms with E-state index in [4.69, 9.17) is 11.0 Å².